The number of hydrogen-bond donors (Lipinski definition) is 1. The Labute approximate surface area is 174 Å². The molecule has 5 rings (SSSR count). The molecule has 0 fully saturated rings. The topological polar surface area (TPSA) is 79.7 Å². The summed E-state index contributed by atoms with van der Waals surface area (Å²) in [5.74, 6) is 0.721. The predicted molar refractivity (Wildman–Crippen MR) is 114 cm³/mol. The van der Waals surface area contributed by atoms with Crippen molar-refractivity contribution in [1.82, 2.24) is 30.1 Å². The number of hydrogen-bond acceptors (Lipinski definition) is 4. The molecular weight excluding hydrogens is 376 g/mol. The highest BCUT2D eigenvalue weighted by Crippen LogP contribution is 2.38. The number of fused-ring (bicyclic) bond motifs is 2. The molecule has 7 nitrogen and oxygen atoms in total. The van der Waals surface area contributed by atoms with Crippen LogP contribution in [-0.2, 0) is 12.0 Å². The third kappa shape index (κ3) is 2.89. The van der Waals surface area contributed by atoms with E-state index in [2.05, 4.69) is 53.4 Å². The van der Waals surface area contributed by atoms with Gasteiger partial charge in [-0.25, -0.2) is 4.68 Å². The molecule has 0 spiro atoms. The molecule has 0 bridgehead atoms. The molecular formula is C23H24N6O. The van der Waals surface area contributed by atoms with Crippen molar-refractivity contribution in [2.45, 2.75) is 38.8 Å². The van der Waals surface area contributed by atoms with Crippen molar-refractivity contribution >= 4 is 16.8 Å². The van der Waals surface area contributed by atoms with Gasteiger partial charge < -0.3 is 9.88 Å². The maximum absolute atomic E-state index is 13.3. The average molecular weight is 400 g/mol. The Morgan fingerprint density at radius 2 is 1.83 bits per heavy atom. The van der Waals surface area contributed by atoms with Crippen LogP contribution in [0.15, 0.2) is 54.7 Å². The second-order valence-corrected chi connectivity index (χ2v) is 8.72. The van der Waals surface area contributed by atoms with Crippen molar-refractivity contribution in [2.75, 3.05) is 6.54 Å². The van der Waals surface area contributed by atoms with Crippen molar-refractivity contribution in [3.8, 4) is 0 Å². The van der Waals surface area contributed by atoms with Gasteiger partial charge in [0.1, 0.15) is 6.04 Å². The van der Waals surface area contributed by atoms with Crippen LogP contribution in [0.1, 0.15) is 54.1 Å². The fraction of sp³-hybridized carbons (Fsp3) is 0.304. The number of amides is 1. The van der Waals surface area contributed by atoms with Crippen LogP contribution in [0.2, 0.25) is 0 Å². The Kier molecular flexibility index (Phi) is 4.20. The molecule has 152 valence electrons. The number of aromatic nitrogens is 5. The van der Waals surface area contributed by atoms with E-state index in [4.69, 9.17) is 0 Å². The van der Waals surface area contributed by atoms with Crippen molar-refractivity contribution in [3.05, 3.63) is 77.2 Å². The highest BCUT2D eigenvalue weighted by atomic mass is 16.2. The van der Waals surface area contributed by atoms with Crippen molar-refractivity contribution in [1.29, 1.82) is 0 Å². The fourth-order valence-electron chi connectivity index (χ4n) is 4.30. The molecule has 7 heteroatoms. The van der Waals surface area contributed by atoms with Crippen LogP contribution in [0.3, 0.4) is 0 Å². The fourth-order valence-corrected chi connectivity index (χ4v) is 4.30. The molecule has 0 saturated heterocycles. The maximum atomic E-state index is 13.3. The van der Waals surface area contributed by atoms with Gasteiger partial charge in [-0.15, -0.1) is 5.10 Å². The van der Waals surface area contributed by atoms with Gasteiger partial charge in [-0.05, 0) is 60.9 Å². The van der Waals surface area contributed by atoms with E-state index in [9.17, 15) is 4.79 Å². The number of rotatable bonds is 4. The standard InChI is InChI=1S/C23H24N6O/c1-23(2,3)29-21(25-26-27-29)20-17-9-4-5-10-18(17)22(30)28(20)13-12-15-14-24-19-11-7-6-8-16(15)19/h4-11,14,20,24H,12-13H2,1-3H3. The van der Waals surface area contributed by atoms with E-state index in [-0.39, 0.29) is 17.5 Å². The molecule has 0 aliphatic carbocycles. The lowest BCUT2D eigenvalue weighted by Gasteiger charge is -2.28. The minimum Gasteiger partial charge on any atom is -0.361 e. The summed E-state index contributed by atoms with van der Waals surface area (Å²) in [4.78, 5) is 18.5. The van der Waals surface area contributed by atoms with Gasteiger partial charge in [0.15, 0.2) is 5.82 Å². The van der Waals surface area contributed by atoms with Gasteiger partial charge in [-0.3, -0.25) is 4.79 Å². The van der Waals surface area contributed by atoms with E-state index >= 15 is 0 Å². The summed E-state index contributed by atoms with van der Waals surface area (Å²) in [6.07, 6.45) is 2.78. The molecule has 2 aromatic heterocycles. The van der Waals surface area contributed by atoms with Crippen LogP contribution in [0, 0.1) is 0 Å². The Hall–Kier alpha value is -3.48. The van der Waals surface area contributed by atoms with Crippen molar-refractivity contribution in [3.63, 3.8) is 0 Å². The summed E-state index contributed by atoms with van der Waals surface area (Å²) in [7, 11) is 0. The summed E-state index contributed by atoms with van der Waals surface area (Å²) < 4.78 is 1.83. The van der Waals surface area contributed by atoms with E-state index < -0.39 is 0 Å². The van der Waals surface area contributed by atoms with Crippen molar-refractivity contribution < 1.29 is 4.79 Å². The number of para-hydroxylation sites is 1. The first kappa shape index (κ1) is 18.5. The molecule has 1 N–H and O–H groups in total. The predicted octanol–water partition coefficient (Wildman–Crippen LogP) is 3.70. The normalized spacial score (nSPS) is 16.4. The number of benzene rings is 2. The van der Waals surface area contributed by atoms with Crippen LogP contribution in [0.25, 0.3) is 10.9 Å². The molecule has 0 radical (unpaired) electrons. The Morgan fingerprint density at radius 1 is 1.07 bits per heavy atom. The number of carbonyl (C=O) groups is 1. The van der Waals surface area contributed by atoms with E-state index in [1.807, 2.05) is 52.2 Å². The molecule has 1 amide bonds. The summed E-state index contributed by atoms with van der Waals surface area (Å²) in [5, 5.41) is 13.7. The monoisotopic (exact) mass is 400 g/mol. The van der Waals surface area contributed by atoms with E-state index in [1.165, 1.54) is 10.9 Å². The summed E-state index contributed by atoms with van der Waals surface area (Å²) in [5.41, 5.74) is 3.70. The number of nitrogens with zero attached hydrogens (tertiary/aromatic N) is 5. The van der Waals surface area contributed by atoms with Gasteiger partial charge in [0.2, 0.25) is 0 Å². The van der Waals surface area contributed by atoms with Crippen molar-refractivity contribution in [2.24, 2.45) is 0 Å². The minimum absolute atomic E-state index is 0.0268. The Morgan fingerprint density at radius 3 is 2.67 bits per heavy atom. The molecule has 1 aliphatic rings. The smallest absolute Gasteiger partial charge is 0.255 e. The molecule has 1 unspecified atom stereocenters. The number of tetrazole rings is 1. The molecule has 2 aromatic carbocycles. The number of aromatic amines is 1. The first-order chi connectivity index (χ1) is 14.4. The average Bonchev–Trinajstić information content (AvgIpc) is 3.43. The number of H-pyrrole nitrogens is 1. The maximum Gasteiger partial charge on any atom is 0.255 e. The van der Waals surface area contributed by atoms with Gasteiger partial charge in [-0.2, -0.15) is 0 Å². The van der Waals surface area contributed by atoms with Gasteiger partial charge in [0.05, 0.1) is 5.54 Å². The molecule has 1 aliphatic heterocycles. The van der Waals surface area contributed by atoms with Gasteiger partial charge in [0, 0.05) is 29.2 Å². The number of carbonyl (C=O) groups excluding carboxylic acids is 1. The second kappa shape index (κ2) is 6.79. The van der Waals surface area contributed by atoms with Gasteiger partial charge >= 0.3 is 0 Å². The molecule has 3 heterocycles. The lowest BCUT2D eigenvalue weighted by molar-refractivity contribution is 0.0740. The van der Waals surface area contributed by atoms with E-state index in [1.54, 1.807) is 0 Å². The number of nitrogens with one attached hydrogen (secondary N) is 1. The quantitative estimate of drug-likeness (QED) is 0.566. The van der Waals surface area contributed by atoms with E-state index in [0.717, 1.165) is 23.1 Å². The Bertz CT molecular complexity index is 1230. The van der Waals surface area contributed by atoms with E-state index in [0.29, 0.717) is 12.4 Å². The molecule has 1 atom stereocenters. The zero-order chi connectivity index (χ0) is 20.9. The van der Waals surface area contributed by atoms with Gasteiger partial charge in [0.25, 0.3) is 5.91 Å². The van der Waals surface area contributed by atoms with Crippen LogP contribution < -0.4 is 0 Å². The Balaban J connectivity index is 1.53. The third-order valence-corrected chi connectivity index (χ3v) is 5.73. The lowest BCUT2D eigenvalue weighted by Crippen LogP contribution is -2.35. The van der Waals surface area contributed by atoms with Gasteiger partial charge in [-0.1, -0.05) is 36.4 Å². The zero-order valence-corrected chi connectivity index (χ0v) is 17.3. The minimum atomic E-state index is -0.298. The first-order valence-electron chi connectivity index (χ1n) is 10.2. The third-order valence-electron chi connectivity index (χ3n) is 5.73. The highest BCUT2D eigenvalue weighted by molar-refractivity contribution is 5.99. The first-order valence-corrected chi connectivity index (χ1v) is 10.2. The molecule has 30 heavy (non-hydrogen) atoms. The SMILES string of the molecule is CC(C)(C)n1nnnc1C1c2ccccc2C(=O)N1CCc1c[nH]c2ccccc12. The second-order valence-electron chi connectivity index (χ2n) is 8.72. The lowest BCUT2D eigenvalue weighted by atomic mass is 10.0. The highest BCUT2D eigenvalue weighted by Gasteiger charge is 2.41. The van der Waals surface area contributed by atoms with Crippen LogP contribution >= 0.6 is 0 Å². The van der Waals surface area contributed by atoms with Crippen LogP contribution in [0.5, 0.6) is 0 Å². The summed E-state index contributed by atoms with van der Waals surface area (Å²) in [6, 6.07) is 15.7. The summed E-state index contributed by atoms with van der Waals surface area (Å²) in [6.45, 7) is 6.76. The van der Waals surface area contributed by atoms with Crippen LogP contribution in [0.4, 0.5) is 0 Å². The van der Waals surface area contributed by atoms with Crippen LogP contribution in [-0.4, -0.2) is 42.5 Å². The zero-order valence-electron chi connectivity index (χ0n) is 17.3. The molecule has 0 saturated carbocycles. The summed E-state index contributed by atoms with van der Waals surface area (Å²) >= 11 is 0. The largest absolute Gasteiger partial charge is 0.361 e. The molecule has 4 aromatic rings.